The molecule has 0 spiro atoms. The van der Waals surface area contributed by atoms with Crippen molar-refractivity contribution >= 4 is 9.84 Å². The summed E-state index contributed by atoms with van der Waals surface area (Å²) < 4.78 is 28.0. The highest BCUT2D eigenvalue weighted by Crippen LogP contribution is 2.22. The Morgan fingerprint density at radius 2 is 2.13 bits per heavy atom. The van der Waals surface area contributed by atoms with Gasteiger partial charge in [0.05, 0.1) is 30.3 Å². The Labute approximate surface area is 89.9 Å². The first-order valence-electron chi connectivity index (χ1n) is 5.18. The Hall–Kier alpha value is -0.170. The van der Waals surface area contributed by atoms with Gasteiger partial charge in [-0.3, -0.25) is 4.90 Å². The highest BCUT2D eigenvalue weighted by Gasteiger charge is 2.41. The Morgan fingerprint density at radius 1 is 1.40 bits per heavy atom. The van der Waals surface area contributed by atoms with Gasteiger partial charge in [-0.1, -0.05) is 0 Å². The minimum atomic E-state index is -3.05. The van der Waals surface area contributed by atoms with Crippen molar-refractivity contribution in [3.63, 3.8) is 0 Å². The molecular weight excluding hydrogens is 218 g/mol. The van der Waals surface area contributed by atoms with Gasteiger partial charge < -0.3 is 9.84 Å². The molecule has 5 nitrogen and oxygen atoms in total. The summed E-state index contributed by atoms with van der Waals surface area (Å²) in [6.45, 7) is 1.37. The molecule has 0 saturated carbocycles. The van der Waals surface area contributed by atoms with Gasteiger partial charge in [0.2, 0.25) is 0 Å². The van der Waals surface area contributed by atoms with Gasteiger partial charge in [-0.25, -0.2) is 8.42 Å². The molecule has 2 saturated heterocycles. The van der Waals surface area contributed by atoms with Crippen molar-refractivity contribution in [2.24, 2.45) is 0 Å². The molecule has 0 bridgehead atoms. The van der Waals surface area contributed by atoms with E-state index in [4.69, 9.17) is 4.74 Å². The maximum Gasteiger partial charge on any atom is 0.154 e. The fourth-order valence-electron chi connectivity index (χ4n) is 2.31. The van der Waals surface area contributed by atoms with Crippen molar-refractivity contribution in [3.8, 4) is 0 Å². The molecule has 2 aliphatic rings. The lowest BCUT2D eigenvalue weighted by Gasteiger charge is -2.30. The number of rotatable bonds is 2. The third-order valence-electron chi connectivity index (χ3n) is 3.30. The smallest absolute Gasteiger partial charge is 0.154 e. The first-order valence-corrected chi connectivity index (χ1v) is 7.00. The molecule has 3 atom stereocenters. The van der Waals surface area contributed by atoms with E-state index in [1.165, 1.54) is 0 Å². The minimum absolute atomic E-state index is 0.0706. The Bertz CT molecular complexity index is 323. The highest BCUT2D eigenvalue weighted by molar-refractivity contribution is 7.91. The van der Waals surface area contributed by atoms with Gasteiger partial charge in [-0.2, -0.15) is 0 Å². The third-order valence-corrected chi connectivity index (χ3v) is 5.00. The normalized spacial score (nSPS) is 40.1. The molecule has 0 aromatic carbocycles. The van der Waals surface area contributed by atoms with Gasteiger partial charge in [-0.05, 0) is 13.5 Å². The molecule has 2 rings (SSSR count). The lowest BCUT2D eigenvalue weighted by Crippen LogP contribution is -2.46. The van der Waals surface area contributed by atoms with Crippen LogP contribution in [0.1, 0.15) is 6.42 Å². The number of ether oxygens (including phenoxy) is 1. The third kappa shape index (κ3) is 2.33. The molecule has 0 radical (unpaired) electrons. The van der Waals surface area contributed by atoms with Gasteiger partial charge in [0, 0.05) is 12.6 Å². The predicted molar refractivity (Wildman–Crippen MR) is 55.4 cm³/mol. The largest absolute Gasteiger partial charge is 0.390 e. The second-order valence-corrected chi connectivity index (χ2v) is 6.55. The lowest BCUT2D eigenvalue weighted by atomic mass is 10.1. The highest BCUT2D eigenvalue weighted by atomic mass is 32.2. The summed E-state index contributed by atoms with van der Waals surface area (Å²) in [5, 5.41) is 9.69. The van der Waals surface area contributed by atoms with Crippen LogP contribution in [0.15, 0.2) is 0 Å². The van der Waals surface area contributed by atoms with E-state index in [1.807, 2.05) is 11.9 Å². The van der Waals surface area contributed by atoms with Gasteiger partial charge >= 0.3 is 0 Å². The number of hydrogen-bond acceptors (Lipinski definition) is 5. The SMILES string of the molecule is CN(C1CCOC1)C1CS(=O)(=O)CC1O. The zero-order valence-electron chi connectivity index (χ0n) is 8.80. The van der Waals surface area contributed by atoms with Crippen LogP contribution in [0.5, 0.6) is 0 Å². The van der Waals surface area contributed by atoms with E-state index in [2.05, 4.69) is 0 Å². The molecular formula is C9H17NO4S. The fourth-order valence-corrected chi connectivity index (χ4v) is 4.17. The van der Waals surface area contributed by atoms with E-state index >= 15 is 0 Å². The Kier molecular flexibility index (Phi) is 3.03. The second-order valence-electron chi connectivity index (χ2n) is 4.39. The van der Waals surface area contributed by atoms with E-state index in [-0.39, 0.29) is 23.6 Å². The maximum atomic E-state index is 11.4. The Morgan fingerprint density at radius 3 is 2.60 bits per heavy atom. The van der Waals surface area contributed by atoms with E-state index < -0.39 is 15.9 Å². The molecule has 3 unspecified atom stereocenters. The summed E-state index contributed by atoms with van der Waals surface area (Å²) >= 11 is 0. The minimum Gasteiger partial charge on any atom is -0.390 e. The van der Waals surface area contributed by atoms with Crippen molar-refractivity contribution < 1.29 is 18.3 Å². The molecule has 15 heavy (non-hydrogen) atoms. The molecule has 0 aromatic rings. The lowest BCUT2D eigenvalue weighted by molar-refractivity contribution is 0.0665. The zero-order valence-corrected chi connectivity index (χ0v) is 9.61. The van der Waals surface area contributed by atoms with Crippen molar-refractivity contribution in [2.75, 3.05) is 31.8 Å². The van der Waals surface area contributed by atoms with E-state index in [0.29, 0.717) is 6.61 Å². The van der Waals surface area contributed by atoms with E-state index in [9.17, 15) is 13.5 Å². The zero-order chi connectivity index (χ0) is 11.1. The first kappa shape index (κ1) is 11.3. The molecule has 2 heterocycles. The van der Waals surface area contributed by atoms with Crippen LogP contribution in [-0.4, -0.2) is 68.4 Å². The number of sulfone groups is 1. The molecule has 0 aliphatic carbocycles. The number of likely N-dealkylation sites (N-methyl/N-ethyl adjacent to an activating group) is 1. The van der Waals surface area contributed by atoms with E-state index in [0.717, 1.165) is 13.0 Å². The van der Waals surface area contributed by atoms with Crippen LogP contribution in [0.4, 0.5) is 0 Å². The van der Waals surface area contributed by atoms with Gasteiger partial charge in [0.25, 0.3) is 0 Å². The van der Waals surface area contributed by atoms with Crippen LogP contribution in [0.2, 0.25) is 0 Å². The standard InChI is InChI=1S/C9H17NO4S/c1-10(7-2-3-14-4-7)8-5-15(12,13)6-9(8)11/h7-9,11H,2-6H2,1H3. The van der Waals surface area contributed by atoms with Crippen LogP contribution < -0.4 is 0 Å². The number of aliphatic hydroxyl groups is 1. The molecule has 2 fully saturated rings. The molecule has 6 heteroatoms. The van der Waals surface area contributed by atoms with Gasteiger partial charge in [-0.15, -0.1) is 0 Å². The molecule has 1 N–H and O–H groups in total. The fraction of sp³-hybridized carbons (Fsp3) is 1.00. The van der Waals surface area contributed by atoms with E-state index in [1.54, 1.807) is 0 Å². The summed E-state index contributed by atoms with van der Waals surface area (Å²) in [5.41, 5.74) is 0. The molecule has 0 amide bonds. The topological polar surface area (TPSA) is 66.8 Å². The number of nitrogens with zero attached hydrogens (tertiary/aromatic N) is 1. The quantitative estimate of drug-likeness (QED) is 0.655. The van der Waals surface area contributed by atoms with Gasteiger partial charge in [0.1, 0.15) is 0 Å². The summed E-state index contributed by atoms with van der Waals surface area (Å²) in [6, 6.07) is -0.0142. The van der Waals surface area contributed by atoms with Crippen LogP contribution in [-0.2, 0) is 14.6 Å². The molecule has 88 valence electrons. The van der Waals surface area contributed by atoms with Crippen LogP contribution in [0.3, 0.4) is 0 Å². The van der Waals surface area contributed by atoms with Crippen molar-refractivity contribution in [1.82, 2.24) is 4.90 Å². The average molecular weight is 235 g/mol. The predicted octanol–water partition coefficient (Wildman–Crippen LogP) is -1.13. The average Bonchev–Trinajstić information content (AvgIpc) is 2.71. The van der Waals surface area contributed by atoms with Crippen molar-refractivity contribution in [2.45, 2.75) is 24.6 Å². The van der Waals surface area contributed by atoms with Crippen LogP contribution in [0, 0.1) is 0 Å². The number of hydrogen-bond donors (Lipinski definition) is 1. The monoisotopic (exact) mass is 235 g/mol. The molecule has 2 aliphatic heterocycles. The molecule has 0 aromatic heterocycles. The van der Waals surface area contributed by atoms with Crippen molar-refractivity contribution in [3.05, 3.63) is 0 Å². The summed E-state index contributed by atoms with van der Waals surface area (Å²) in [6.07, 6.45) is 0.167. The van der Waals surface area contributed by atoms with Crippen molar-refractivity contribution in [1.29, 1.82) is 0 Å². The second kappa shape index (κ2) is 4.01. The summed E-state index contributed by atoms with van der Waals surface area (Å²) in [5.74, 6) is -0.0310. The van der Waals surface area contributed by atoms with Gasteiger partial charge in [0.15, 0.2) is 9.84 Å². The Balaban J connectivity index is 2.04. The summed E-state index contributed by atoms with van der Waals surface area (Å²) in [7, 11) is -1.18. The first-order chi connectivity index (χ1) is 6.99. The van der Waals surface area contributed by atoms with Crippen LogP contribution >= 0.6 is 0 Å². The van der Waals surface area contributed by atoms with Crippen LogP contribution in [0.25, 0.3) is 0 Å². The number of aliphatic hydroxyl groups excluding tert-OH is 1. The summed E-state index contributed by atoms with van der Waals surface area (Å²) in [4.78, 5) is 1.96. The maximum absolute atomic E-state index is 11.4.